The Kier molecular flexibility index (Phi) is 3.43. The first-order valence-corrected chi connectivity index (χ1v) is 6.12. The lowest BCUT2D eigenvalue weighted by atomic mass is 9.89. The SMILES string of the molecule is CCOC(=O)C1=C(Br)C(=O)c2ccccc2C1=O. The number of halogens is 1. The quantitative estimate of drug-likeness (QED) is 0.621. The van der Waals surface area contributed by atoms with Crippen molar-refractivity contribution in [2.75, 3.05) is 6.61 Å². The third kappa shape index (κ3) is 1.90. The van der Waals surface area contributed by atoms with E-state index in [4.69, 9.17) is 4.74 Å². The summed E-state index contributed by atoms with van der Waals surface area (Å²) in [6.07, 6.45) is 0. The van der Waals surface area contributed by atoms with Crippen LogP contribution in [-0.4, -0.2) is 24.1 Å². The number of rotatable bonds is 2. The number of hydrogen-bond acceptors (Lipinski definition) is 4. The highest BCUT2D eigenvalue weighted by atomic mass is 79.9. The van der Waals surface area contributed by atoms with E-state index in [2.05, 4.69) is 15.9 Å². The Hall–Kier alpha value is -1.75. The van der Waals surface area contributed by atoms with Crippen LogP contribution in [0, 0.1) is 0 Å². The first kappa shape index (κ1) is 12.7. The summed E-state index contributed by atoms with van der Waals surface area (Å²) >= 11 is 3.01. The van der Waals surface area contributed by atoms with Gasteiger partial charge in [0.2, 0.25) is 11.6 Å². The third-order valence-electron chi connectivity index (χ3n) is 2.54. The minimum absolute atomic E-state index is 0.0374. The minimum atomic E-state index is -0.780. The Morgan fingerprint density at radius 3 is 2.28 bits per heavy atom. The van der Waals surface area contributed by atoms with E-state index in [0.29, 0.717) is 5.56 Å². The molecule has 1 aromatic rings. The number of benzene rings is 1. The van der Waals surface area contributed by atoms with Gasteiger partial charge in [-0.2, -0.15) is 0 Å². The first-order chi connectivity index (χ1) is 8.57. The summed E-state index contributed by atoms with van der Waals surface area (Å²) in [4.78, 5) is 35.9. The largest absolute Gasteiger partial charge is 0.462 e. The zero-order chi connectivity index (χ0) is 13.3. The van der Waals surface area contributed by atoms with Crippen LogP contribution in [0.25, 0.3) is 0 Å². The van der Waals surface area contributed by atoms with Crippen LogP contribution >= 0.6 is 15.9 Å². The highest BCUT2D eigenvalue weighted by molar-refractivity contribution is 9.12. The van der Waals surface area contributed by atoms with E-state index in [0.717, 1.165) is 0 Å². The fraction of sp³-hybridized carbons (Fsp3) is 0.154. The van der Waals surface area contributed by atoms with E-state index in [1.54, 1.807) is 25.1 Å². The number of ketones is 2. The summed E-state index contributed by atoms with van der Waals surface area (Å²) in [7, 11) is 0. The van der Waals surface area contributed by atoms with E-state index in [-0.39, 0.29) is 28.0 Å². The van der Waals surface area contributed by atoms with Gasteiger partial charge in [-0.1, -0.05) is 24.3 Å². The van der Waals surface area contributed by atoms with Gasteiger partial charge in [0.15, 0.2) is 0 Å². The zero-order valence-electron chi connectivity index (χ0n) is 9.53. The summed E-state index contributed by atoms with van der Waals surface area (Å²) in [5.41, 5.74) is 0.289. The molecule has 0 radical (unpaired) electrons. The van der Waals surface area contributed by atoms with Crippen LogP contribution in [0.3, 0.4) is 0 Å². The smallest absolute Gasteiger partial charge is 0.343 e. The molecule has 0 fully saturated rings. The normalized spacial score (nSPS) is 14.6. The average Bonchev–Trinajstić information content (AvgIpc) is 2.37. The van der Waals surface area contributed by atoms with Crippen LogP contribution in [-0.2, 0) is 9.53 Å². The fourth-order valence-corrected chi connectivity index (χ4v) is 2.29. The van der Waals surface area contributed by atoms with Crippen molar-refractivity contribution in [1.29, 1.82) is 0 Å². The van der Waals surface area contributed by atoms with Crippen LogP contribution < -0.4 is 0 Å². The molecule has 1 aliphatic rings. The average molecular weight is 309 g/mol. The Balaban J connectivity index is 2.57. The molecule has 1 aromatic carbocycles. The van der Waals surface area contributed by atoms with Gasteiger partial charge >= 0.3 is 5.97 Å². The van der Waals surface area contributed by atoms with Gasteiger partial charge in [0.1, 0.15) is 5.57 Å². The lowest BCUT2D eigenvalue weighted by Gasteiger charge is -2.16. The number of carbonyl (C=O) groups excluding carboxylic acids is 3. The third-order valence-corrected chi connectivity index (χ3v) is 3.30. The van der Waals surface area contributed by atoms with E-state index < -0.39 is 11.8 Å². The second-order valence-corrected chi connectivity index (χ2v) is 4.41. The molecular formula is C13H9BrO4. The van der Waals surface area contributed by atoms with E-state index >= 15 is 0 Å². The fourth-order valence-electron chi connectivity index (χ4n) is 1.73. The maximum absolute atomic E-state index is 12.1. The standard InChI is InChI=1S/C13H9BrO4/c1-2-18-13(17)9-10(14)12(16)8-6-4-3-5-7(8)11(9)15/h3-6H,2H2,1H3. The Morgan fingerprint density at radius 1 is 1.17 bits per heavy atom. The van der Waals surface area contributed by atoms with Crippen molar-refractivity contribution < 1.29 is 19.1 Å². The van der Waals surface area contributed by atoms with Crippen LogP contribution in [0.1, 0.15) is 27.6 Å². The topological polar surface area (TPSA) is 60.4 Å². The van der Waals surface area contributed by atoms with E-state index in [9.17, 15) is 14.4 Å². The molecule has 0 aliphatic heterocycles. The van der Waals surface area contributed by atoms with E-state index in [1.165, 1.54) is 6.07 Å². The van der Waals surface area contributed by atoms with Crippen molar-refractivity contribution in [2.45, 2.75) is 6.92 Å². The first-order valence-electron chi connectivity index (χ1n) is 5.33. The molecule has 2 rings (SSSR count). The van der Waals surface area contributed by atoms with Gasteiger partial charge in [-0.3, -0.25) is 9.59 Å². The molecule has 18 heavy (non-hydrogen) atoms. The van der Waals surface area contributed by atoms with E-state index in [1.807, 2.05) is 0 Å². The molecule has 0 bridgehead atoms. The summed E-state index contributed by atoms with van der Waals surface area (Å²) < 4.78 is 4.75. The summed E-state index contributed by atoms with van der Waals surface area (Å²) in [6.45, 7) is 1.78. The molecular weight excluding hydrogens is 300 g/mol. The number of esters is 1. The van der Waals surface area contributed by atoms with Crippen LogP contribution in [0.5, 0.6) is 0 Å². The maximum Gasteiger partial charge on any atom is 0.343 e. The Labute approximate surface area is 112 Å². The Morgan fingerprint density at radius 2 is 1.72 bits per heavy atom. The number of Topliss-reactive ketones (excluding diaryl/α,β-unsaturated/α-hetero) is 2. The molecule has 0 amide bonds. The highest BCUT2D eigenvalue weighted by Gasteiger charge is 2.35. The molecule has 0 saturated carbocycles. The van der Waals surface area contributed by atoms with Gasteiger partial charge < -0.3 is 4.74 Å². The van der Waals surface area contributed by atoms with Gasteiger partial charge in [0.05, 0.1) is 11.1 Å². The van der Waals surface area contributed by atoms with Crippen LogP contribution in [0.2, 0.25) is 0 Å². The second kappa shape index (κ2) is 4.86. The molecule has 1 aliphatic carbocycles. The van der Waals surface area contributed by atoms with Crippen molar-refractivity contribution in [3.05, 3.63) is 45.4 Å². The molecule has 0 unspecified atom stereocenters. The van der Waals surface area contributed by atoms with Gasteiger partial charge in [0.25, 0.3) is 0 Å². The second-order valence-electron chi connectivity index (χ2n) is 3.61. The predicted molar refractivity (Wildman–Crippen MR) is 67.7 cm³/mol. The molecule has 5 heteroatoms. The van der Waals surface area contributed by atoms with Crippen molar-refractivity contribution in [3.8, 4) is 0 Å². The lowest BCUT2D eigenvalue weighted by molar-refractivity contribution is -0.138. The number of fused-ring (bicyclic) bond motifs is 1. The van der Waals surface area contributed by atoms with Gasteiger partial charge in [0, 0.05) is 11.1 Å². The maximum atomic E-state index is 12.1. The highest BCUT2D eigenvalue weighted by Crippen LogP contribution is 2.30. The summed E-state index contributed by atoms with van der Waals surface area (Å²) in [5, 5.41) is 0. The number of ether oxygens (including phenoxy) is 1. The van der Waals surface area contributed by atoms with Crippen molar-refractivity contribution >= 4 is 33.5 Å². The van der Waals surface area contributed by atoms with Crippen LogP contribution in [0.15, 0.2) is 34.3 Å². The molecule has 0 spiro atoms. The van der Waals surface area contributed by atoms with Crippen molar-refractivity contribution in [1.82, 2.24) is 0 Å². The zero-order valence-corrected chi connectivity index (χ0v) is 11.1. The van der Waals surface area contributed by atoms with Gasteiger partial charge in [-0.25, -0.2) is 4.79 Å². The summed E-state index contributed by atoms with van der Waals surface area (Å²) in [5.74, 6) is -1.65. The molecule has 0 heterocycles. The Bertz CT molecular complexity index is 586. The number of carbonyl (C=O) groups is 3. The lowest BCUT2D eigenvalue weighted by Crippen LogP contribution is -2.25. The molecule has 4 nitrogen and oxygen atoms in total. The van der Waals surface area contributed by atoms with Crippen LogP contribution in [0.4, 0.5) is 0 Å². The van der Waals surface area contributed by atoms with Gasteiger partial charge in [-0.15, -0.1) is 0 Å². The predicted octanol–water partition coefficient (Wildman–Crippen LogP) is 2.28. The minimum Gasteiger partial charge on any atom is -0.462 e. The summed E-state index contributed by atoms with van der Waals surface area (Å²) in [6, 6.07) is 6.39. The van der Waals surface area contributed by atoms with Crippen molar-refractivity contribution in [2.24, 2.45) is 0 Å². The molecule has 0 atom stereocenters. The van der Waals surface area contributed by atoms with Gasteiger partial charge in [-0.05, 0) is 22.9 Å². The number of allylic oxidation sites excluding steroid dienone is 1. The molecule has 0 aromatic heterocycles. The monoisotopic (exact) mass is 308 g/mol. The molecule has 0 saturated heterocycles. The number of hydrogen-bond donors (Lipinski definition) is 0. The molecule has 92 valence electrons. The van der Waals surface area contributed by atoms with Crippen molar-refractivity contribution in [3.63, 3.8) is 0 Å². The molecule has 0 N–H and O–H groups in total.